The number of aryl methyl sites for hydroxylation is 1. The Kier molecular flexibility index (Phi) is 3.48. The maximum atomic E-state index is 12.9. The summed E-state index contributed by atoms with van der Waals surface area (Å²) in [6.07, 6.45) is 1.57. The topological polar surface area (TPSA) is 68.0 Å². The van der Waals surface area contributed by atoms with Crippen LogP contribution in [0.2, 0.25) is 0 Å². The van der Waals surface area contributed by atoms with Gasteiger partial charge in [0, 0.05) is 11.8 Å². The Morgan fingerprint density at radius 1 is 1.27 bits per heavy atom. The van der Waals surface area contributed by atoms with Crippen molar-refractivity contribution >= 4 is 44.5 Å². The van der Waals surface area contributed by atoms with Crippen LogP contribution in [0, 0.1) is 6.92 Å². The van der Waals surface area contributed by atoms with Gasteiger partial charge in [0.1, 0.15) is 0 Å². The van der Waals surface area contributed by atoms with E-state index < -0.39 is 5.41 Å². The van der Waals surface area contributed by atoms with Crippen LogP contribution >= 0.6 is 22.7 Å². The van der Waals surface area contributed by atoms with Gasteiger partial charge in [0.05, 0.1) is 31.2 Å². The van der Waals surface area contributed by atoms with Crippen molar-refractivity contribution in [2.45, 2.75) is 25.2 Å². The van der Waals surface area contributed by atoms with Gasteiger partial charge in [0.25, 0.3) is 0 Å². The second-order valence-electron chi connectivity index (χ2n) is 6.51. The van der Waals surface area contributed by atoms with Gasteiger partial charge in [-0.3, -0.25) is 4.79 Å². The van der Waals surface area contributed by atoms with E-state index >= 15 is 0 Å². The lowest BCUT2D eigenvalue weighted by Gasteiger charge is -2.12. The zero-order valence-corrected chi connectivity index (χ0v) is 15.6. The minimum atomic E-state index is -0.577. The Labute approximate surface area is 157 Å². The SMILES string of the molecule is Cc1nc2cc(NC(=O)C3(c4cc(-c5cccs5)on4)CC3)ccc2s1. The van der Waals surface area contributed by atoms with Gasteiger partial charge in [-0.05, 0) is 49.4 Å². The minimum Gasteiger partial charge on any atom is -0.355 e. The summed E-state index contributed by atoms with van der Waals surface area (Å²) in [6, 6.07) is 11.7. The molecule has 5 nitrogen and oxygen atoms in total. The molecule has 1 aliphatic carbocycles. The predicted octanol–water partition coefficient (Wildman–Crippen LogP) is 4.99. The van der Waals surface area contributed by atoms with Gasteiger partial charge < -0.3 is 9.84 Å². The highest BCUT2D eigenvalue weighted by molar-refractivity contribution is 7.18. The molecule has 1 aromatic carbocycles. The van der Waals surface area contributed by atoms with Crippen LogP contribution in [-0.2, 0) is 10.2 Å². The lowest BCUT2D eigenvalue weighted by Crippen LogP contribution is -2.28. The predicted molar refractivity (Wildman–Crippen MR) is 104 cm³/mol. The molecule has 1 fully saturated rings. The van der Waals surface area contributed by atoms with Crippen molar-refractivity contribution in [3.05, 3.63) is 52.5 Å². The molecule has 0 radical (unpaired) electrons. The van der Waals surface area contributed by atoms with Gasteiger partial charge in [0.15, 0.2) is 5.76 Å². The molecule has 7 heteroatoms. The number of carbonyl (C=O) groups is 1. The smallest absolute Gasteiger partial charge is 0.236 e. The van der Waals surface area contributed by atoms with Crippen LogP contribution in [0.4, 0.5) is 5.69 Å². The third-order valence-electron chi connectivity index (χ3n) is 4.70. The van der Waals surface area contributed by atoms with Gasteiger partial charge in [-0.25, -0.2) is 4.98 Å². The Hall–Kier alpha value is -2.51. The van der Waals surface area contributed by atoms with Crippen molar-refractivity contribution < 1.29 is 9.32 Å². The summed E-state index contributed by atoms with van der Waals surface area (Å²) in [6.45, 7) is 1.98. The molecule has 5 rings (SSSR count). The number of rotatable bonds is 4. The number of thiazole rings is 1. The lowest BCUT2D eigenvalue weighted by molar-refractivity contribution is -0.118. The van der Waals surface area contributed by atoms with Crippen LogP contribution in [0.15, 0.2) is 46.3 Å². The van der Waals surface area contributed by atoms with Crippen molar-refractivity contribution in [3.8, 4) is 10.6 Å². The van der Waals surface area contributed by atoms with Gasteiger partial charge in [0.2, 0.25) is 5.91 Å². The Morgan fingerprint density at radius 3 is 2.92 bits per heavy atom. The van der Waals surface area contributed by atoms with Crippen molar-refractivity contribution in [3.63, 3.8) is 0 Å². The van der Waals surface area contributed by atoms with E-state index in [0.717, 1.165) is 38.6 Å². The number of hydrogen-bond acceptors (Lipinski definition) is 6. The summed E-state index contributed by atoms with van der Waals surface area (Å²) < 4.78 is 6.59. The van der Waals surface area contributed by atoms with Crippen LogP contribution in [-0.4, -0.2) is 16.0 Å². The molecule has 0 atom stereocenters. The number of amides is 1. The zero-order chi connectivity index (χ0) is 17.7. The van der Waals surface area contributed by atoms with Crippen LogP contribution < -0.4 is 5.32 Å². The second-order valence-corrected chi connectivity index (χ2v) is 8.69. The first kappa shape index (κ1) is 15.7. The number of aromatic nitrogens is 2. The normalized spacial score (nSPS) is 15.3. The van der Waals surface area contributed by atoms with E-state index in [0.29, 0.717) is 11.5 Å². The number of nitrogens with zero attached hydrogens (tertiary/aromatic N) is 2. The van der Waals surface area contributed by atoms with E-state index in [1.54, 1.807) is 22.7 Å². The molecule has 1 N–H and O–H groups in total. The molecule has 1 amide bonds. The van der Waals surface area contributed by atoms with E-state index in [1.807, 2.05) is 48.7 Å². The molecule has 26 heavy (non-hydrogen) atoms. The van der Waals surface area contributed by atoms with Gasteiger partial charge in [-0.1, -0.05) is 11.2 Å². The first-order valence-corrected chi connectivity index (χ1v) is 10.0. The van der Waals surface area contributed by atoms with Crippen LogP contribution in [0.25, 0.3) is 20.9 Å². The molecule has 0 spiro atoms. The summed E-state index contributed by atoms with van der Waals surface area (Å²) in [5, 5.41) is 10.2. The van der Waals surface area contributed by atoms with Crippen molar-refractivity contribution in [2.75, 3.05) is 5.32 Å². The Morgan fingerprint density at radius 2 is 2.15 bits per heavy atom. The fraction of sp³-hybridized carbons (Fsp3) is 0.211. The van der Waals surface area contributed by atoms with E-state index in [2.05, 4.69) is 15.5 Å². The molecule has 4 aromatic rings. The Bertz CT molecular complexity index is 1110. The number of carbonyl (C=O) groups excluding carboxylic acids is 1. The highest BCUT2D eigenvalue weighted by atomic mass is 32.1. The first-order valence-electron chi connectivity index (χ1n) is 8.34. The van der Waals surface area contributed by atoms with Gasteiger partial charge >= 0.3 is 0 Å². The maximum absolute atomic E-state index is 12.9. The van der Waals surface area contributed by atoms with Crippen molar-refractivity contribution in [2.24, 2.45) is 0 Å². The number of thiophene rings is 1. The number of hydrogen-bond donors (Lipinski definition) is 1. The lowest BCUT2D eigenvalue weighted by atomic mass is 10.0. The molecule has 1 saturated carbocycles. The molecule has 0 bridgehead atoms. The van der Waals surface area contributed by atoms with Crippen LogP contribution in [0.1, 0.15) is 23.5 Å². The van der Waals surface area contributed by atoms with E-state index in [4.69, 9.17) is 4.52 Å². The molecule has 1 aliphatic rings. The maximum Gasteiger partial charge on any atom is 0.236 e. The van der Waals surface area contributed by atoms with Crippen molar-refractivity contribution in [1.29, 1.82) is 0 Å². The largest absolute Gasteiger partial charge is 0.355 e. The fourth-order valence-corrected chi connectivity index (χ4v) is 4.61. The molecular weight excluding hydrogens is 366 g/mol. The highest BCUT2D eigenvalue weighted by Gasteiger charge is 2.53. The summed E-state index contributed by atoms with van der Waals surface area (Å²) >= 11 is 3.24. The van der Waals surface area contributed by atoms with E-state index in [9.17, 15) is 4.79 Å². The summed E-state index contributed by atoms with van der Waals surface area (Å²) in [5.41, 5.74) is 1.81. The first-order chi connectivity index (χ1) is 12.6. The third kappa shape index (κ3) is 2.55. The standard InChI is InChI=1S/C19H15N3O2S2/c1-11-20-13-9-12(4-5-15(13)26-11)21-18(23)19(6-7-19)17-10-14(24-22-17)16-3-2-8-25-16/h2-5,8-10H,6-7H2,1H3,(H,21,23). The van der Waals surface area contributed by atoms with Crippen LogP contribution in [0.5, 0.6) is 0 Å². The number of nitrogens with one attached hydrogen (secondary N) is 1. The summed E-state index contributed by atoms with van der Waals surface area (Å²) in [4.78, 5) is 18.4. The molecule has 3 aromatic heterocycles. The molecule has 0 saturated heterocycles. The summed E-state index contributed by atoms with van der Waals surface area (Å²) in [7, 11) is 0. The minimum absolute atomic E-state index is 0.0326. The van der Waals surface area contributed by atoms with Crippen molar-refractivity contribution in [1.82, 2.24) is 10.1 Å². The average molecular weight is 381 g/mol. The second kappa shape index (κ2) is 5.75. The monoisotopic (exact) mass is 381 g/mol. The number of benzene rings is 1. The molecule has 0 unspecified atom stereocenters. The fourth-order valence-electron chi connectivity index (χ4n) is 3.13. The van der Waals surface area contributed by atoms with Gasteiger partial charge in [-0.15, -0.1) is 22.7 Å². The number of fused-ring (bicyclic) bond motifs is 1. The summed E-state index contributed by atoms with van der Waals surface area (Å²) in [5.74, 6) is 0.684. The van der Waals surface area contributed by atoms with Crippen LogP contribution in [0.3, 0.4) is 0 Å². The molecule has 0 aliphatic heterocycles. The molecule has 130 valence electrons. The third-order valence-corrected chi connectivity index (χ3v) is 6.54. The Balaban J connectivity index is 1.40. The van der Waals surface area contributed by atoms with E-state index in [-0.39, 0.29) is 5.91 Å². The average Bonchev–Trinajstić information content (AvgIpc) is 3.02. The molecular formula is C19H15N3O2S2. The zero-order valence-electron chi connectivity index (χ0n) is 14.0. The van der Waals surface area contributed by atoms with E-state index in [1.165, 1.54) is 0 Å². The quantitative estimate of drug-likeness (QED) is 0.541. The molecule has 3 heterocycles. The number of anilines is 1. The highest BCUT2D eigenvalue weighted by Crippen LogP contribution is 2.49. The van der Waals surface area contributed by atoms with Gasteiger partial charge in [-0.2, -0.15) is 0 Å².